The number of fused-ring (bicyclic) bond motifs is 2. The number of benzene rings is 5. The highest BCUT2D eigenvalue weighted by Crippen LogP contribution is 2.46. The highest BCUT2D eigenvalue weighted by atomic mass is 35.5. The van der Waals surface area contributed by atoms with Crippen LogP contribution in [-0.2, 0) is 64.9 Å². The summed E-state index contributed by atoms with van der Waals surface area (Å²) in [7, 11) is -31.1. The summed E-state index contributed by atoms with van der Waals surface area (Å²) in [6.45, 7) is -1.19. The van der Waals surface area contributed by atoms with Crippen molar-refractivity contribution in [2.45, 2.75) is 24.5 Å². The second-order valence-corrected chi connectivity index (χ2v) is 21.9. The molecule has 5 aromatic carbocycles. The number of aromatic hydroxyl groups is 2. The van der Waals surface area contributed by atoms with Gasteiger partial charge in [-0.15, -0.1) is 10.2 Å². The van der Waals surface area contributed by atoms with Crippen LogP contribution in [0.15, 0.2) is 101 Å². The zero-order chi connectivity index (χ0) is 48.2. The number of sulfone groups is 1. The van der Waals surface area contributed by atoms with Crippen LogP contribution in [0.4, 0.5) is 34.6 Å². The van der Waals surface area contributed by atoms with Gasteiger partial charge in [0.15, 0.2) is 21.3 Å². The predicted octanol–water partition coefficient (Wildman–Crippen LogP) is 3.73. The lowest BCUT2D eigenvalue weighted by Crippen LogP contribution is -2.16. The molecule has 0 aliphatic rings. The number of hydrogen-bond acceptors (Lipinski definition) is 22. The minimum atomic E-state index is -5.45. The highest BCUT2D eigenvalue weighted by molar-refractivity contribution is 7.91. The minimum absolute atomic E-state index is 0.0611. The Labute approximate surface area is 370 Å². The van der Waals surface area contributed by atoms with Gasteiger partial charge in [-0.25, -0.2) is 12.6 Å². The van der Waals surface area contributed by atoms with Crippen molar-refractivity contribution < 1.29 is 87.7 Å². The monoisotopic (exact) mass is 1040 g/mol. The van der Waals surface area contributed by atoms with Crippen molar-refractivity contribution in [1.29, 1.82) is 0 Å². The van der Waals surface area contributed by atoms with E-state index in [0.717, 1.165) is 6.07 Å². The quantitative estimate of drug-likeness (QED) is 0.0402. The zero-order valence-corrected chi connectivity index (χ0v) is 36.9. The average molecular weight is 1040 g/mol. The van der Waals surface area contributed by atoms with Crippen LogP contribution in [0, 0.1) is 0 Å². The molecular formula is C31H24ClN7O20S6. The minimum Gasteiger partial charge on any atom is -0.505 e. The maximum absolute atomic E-state index is 13.0. The summed E-state index contributed by atoms with van der Waals surface area (Å²) < 4.78 is 200. The molecule has 9 N–H and O–H groups in total. The van der Waals surface area contributed by atoms with E-state index in [4.69, 9.17) is 16.2 Å². The van der Waals surface area contributed by atoms with Crippen molar-refractivity contribution in [2.24, 2.45) is 10.2 Å². The first-order chi connectivity index (χ1) is 29.8. The number of phenolic OH excluding ortho intramolecular Hbond substituents is 2. The fraction of sp³-hybridized carbons (Fsp3) is 0.0645. The fourth-order valence-electron chi connectivity index (χ4n) is 5.81. The first kappa shape index (κ1) is 48.6. The first-order valence-corrected chi connectivity index (χ1v) is 25.8. The maximum Gasteiger partial charge on any atom is 0.397 e. The third-order valence-electron chi connectivity index (χ3n) is 8.44. The summed E-state index contributed by atoms with van der Waals surface area (Å²) in [6.07, 6.45) is 0. The van der Waals surface area contributed by atoms with Crippen molar-refractivity contribution in [3.8, 4) is 11.5 Å². The summed E-state index contributed by atoms with van der Waals surface area (Å²) >= 11 is 6.07. The molecule has 0 radical (unpaired) electrons. The molecule has 6 rings (SSSR count). The Morgan fingerprint density at radius 3 is 1.78 bits per heavy atom. The summed E-state index contributed by atoms with van der Waals surface area (Å²) in [4.78, 5) is 5.87. The molecule has 0 fully saturated rings. The van der Waals surface area contributed by atoms with Crippen LogP contribution in [0.25, 0.3) is 21.5 Å². The van der Waals surface area contributed by atoms with Gasteiger partial charge in [0.25, 0.3) is 40.5 Å². The number of azo groups is 1. The fourth-order valence-corrected chi connectivity index (χ4v) is 10.2. The Hall–Kier alpha value is -5.82. The van der Waals surface area contributed by atoms with Crippen LogP contribution >= 0.6 is 11.6 Å². The van der Waals surface area contributed by atoms with Crippen molar-refractivity contribution >= 4 is 129 Å². The average Bonchev–Trinajstić information content (AvgIpc) is 3.15. The molecule has 0 atom stereocenters. The second-order valence-electron chi connectivity index (χ2n) is 12.8. The molecule has 65 heavy (non-hydrogen) atoms. The molecule has 0 amide bonds. The Morgan fingerprint density at radius 2 is 1.20 bits per heavy atom. The van der Waals surface area contributed by atoms with Gasteiger partial charge in [0.1, 0.15) is 26.1 Å². The molecule has 6 aromatic rings. The number of nitrogens with zero attached hydrogens (tertiary/aromatic N) is 5. The molecule has 0 saturated carbocycles. The summed E-state index contributed by atoms with van der Waals surface area (Å²) in [5, 5.41) is 32.6. The van der Waals surface area contributed by atoms with Gasteiger partial charge in [0.2, 0.25) is 17.2 Å². The lowest BCUT2D eigenvalue weighted by molar-refractivity contribution is 0.284. The Bertz CT molecular complexity index is 3730. The SMILES string of the molecule is O=S(=O)(O)OCCS(=O)(=O)c1cc(Nc2nc(Cl)nc(Nc3cc(S(=O)(=O)O)cc4cc(S(=O)(=O)O)c(/N=N/c5ccc6ccccc6c5S(=O)(=O)O)c(O)c34)n2)c(O)c(S(=O)(=O)O)c1. The van der Waals surface area contributed by atoms with Crippen LogP contribution in [-0.4, -0.2) is 111 Å². The maximum atomic E-state index is 13.0. The van der Waals surface area contributed by atoms with Crippen LogP contribution in [0.2, 0.25) is 5.28 Å². The molecule has 0 aliphatic heterocycles. The van der Waals surface area contributed by atoms with Crippen molar-refractivity contribution in [3.05, 3.63) is 72.0 Å². The molecule has 0 bridgehead atoms. The number of anilines is 4. The summed E-state index contributed by atoms with van der Waals surface area (Å²) in [5.74, 6) is -5.38. The van der Waals surface area contributed by atoms with Gasteiger partial charge in [-0.2, -0.15) is 57.0 Å². The summed E-state index contributed by atoms with van der Waals surface area (Å²) in [5.41, 5.74) is -3.26. The van der Waals surface area contributed by atoms with E-state index in [1.165, 1.54) is 24.3 Å². The lowest BCUT2D eigenvalue weighted by atomic mass is 10.1. The molecule has 0 aliphatic carbocycles. The van der Waals surface area contributed by atoms with E-state index in [9.17, 15) is 78.9 Å². The van der Waals surface area contributed by atoms with E-state index < -0.39 is 160 Å². The van der Waals surface area contributed by atoms with Crippen LogP contribution in [0.1, 0.15) is 0 Å². The van der Waals surface area contributed by atoms with Gasteiger partial charge in [-0.1, -0.05) is 30.3 Å². The Morgan fingerprint density at radius 1 is 0.600 bits per heavy atom. The molecule has 346 valence electrons. The van der Waals surface area contributed by atoms with Crippen LogP contribution in [0.3, 0.4) is 0 Å². The molecule has 0 spiro atoms. The molecular weight excluding hydrogens is 1020 g/mol. The predicted molar refractivity (Wildman–Crippen MR) is 222 cm³/mol. The number of hydrogen-bond donors (Lipinski definition) is 9. The van der Waals surface area contributed by atoms with Crippen LogP contribution < -0.4 is 10.6 Å². The number of rotatable bonds is 15. The number of halogens is 1. The highest BCUT2D eigenvalue weighted by Gasteiger charge is 2.29. The first-order valence-electron chi connectivity index (χ1n) is 16.7. The second kappa shape index (κ2) is 17.2. The van der Waals surface area contributed by atoms with E-state index in [1.807, 2.05) is 0 Å². The molecule has 0 saturated heterocycles. The van der Waals surface area contributed by atoms with E-state index in [0.29, 0.717) is 29.7 Å². The Kier molecular flexibility index (Phi) is 12.9. The van der Waals surface area contributed by atoms with Crippen molar-refractivity contribution in [1.82, 2.24) is 15.0 Å². The number of nitrogens with one attached hydrogen (secondary N) is 2. The van der Waals surface area contributed by atoms with E-state index in [1.54, 1.807) is 6.07 Å². The van der Waals surface area contributed by atoms with Gasteiger partial charge < -0.3 is 20.8 Å². The zero-order valence-electron chi connectivity index (χ0n) is 31.3. The van der Waals surface area contributed by atoms with Gasteiger partial charge in [-0.05, 0) is 58.8 Å². The molecule has 0 unspecified atom stereocenters. The molecule has 1 heterocycles. The van der Waals surface area contributed by atoms with E-state index >= 15 is 0 Å². The third kappa shape index (κ3) is 11.0. The Balaban J connectivity index is 1.51. The normalized spacial score (nSPS) is 13.1. The standard InChI is InChI=1S/C31H24ClN7O20S6/c32-29-35-30(37-31(36-29)34-21-11-16(13-23(26(21)40)63(50,51)52)60(42,43)8-7-59-65(56,57)58)33-20-12-17(61(44,45)46)9-15-10-22(62(47,48)49)25(27(41)24(15)20)39-38-19-6-5-14-3-1-2-4-18(14)28(19)64(53,54)55/h1-6,9-13,40-41H,7-8H2,(H,44,45,46)(H,47,48,49)(H,50,51,52)(H,53,54,55)(H,56,57,58)(H2,33,34,35,36,37)/b39-38+. The van der Waals surface area contributed by atoms with Crippen molar-refractivity contribution in [2.75, 3.05) is 23.0 Å². The van der Waals surface area contributed by atoms with Crippen molar-refractivity contribution in [3.63, 3.8) is 0 Å². The van der Waals surface area contributed by atoms with E-state index in [-0.39, 0.29) is 11.5 Å². The number of phenols is 2. The van der Waals surface area contributed by atoms with Gasteiger partial charge in [0.05, 0.1) is 33.5 Å². The topological polar surface area (TPSA) is 443 Å². The van der Waals surface area contributed by atoms with Gasteiger partial charge >= 0.3 is 10.4 Å². The molecule has 1 aromatic heterocycles. The van der Waals surface area contributed by atoms with Crippen LogP contribution in [0.5, 0.6) is 11.5 Å². The lowest BCUT2D eigenvalue weighted by Gasteiger charge is -2.16. The summed E-state index contributed by atoms with van der Waals surface area (Å²) in [6, 6.07) is 10.8. The smallest absolute Gasteiger partial charge is 0.397 e. The molecule has 34 heteroatoms. The van der Waals surface area contributed by atoms with E-state index in [2.05, 4.69) is 40.0 Å². The largest absolute Gasteiger partial charge is 0.505 e. The third-order valence-corrected chi connectivity index (χ3v) is 14.2. The van der Waals surface area contributed by atoms with Gasteiger partial charge in [0, 0.05) is 10.8 Å². The molecule has 27 nitrogen and oxygen atoms in total. The number of aromatic nitrogens is 3. The van der Waals surface area contributed by atoms with Gasteiger partial charge in [-0.3, -0.25) is 22.8 Å².